The third kappa shape index (κ3) is 5.15. The summed E-state index contributed by atoms with van der Waals surface area (Å²) in [4.78, 5) is 9.90. The molecule has 0 aliphatic heterocycles. The van der Waals surface area contributed by atoms with Crippen LogP contribution in [0.3, 0.4) is 0 Å². The van der Waals surface area contributed by atoms with Gasteiger partial charge in [0.2, 0.25) is 6.20 Å². The van der Waals surface area contributed by atoms with Crippen molar-refractivity contribution in [2.24, 2.45) is 0 Å². The summed E-state index contributed by atoms with van der Waals surface area (Å²) in [5.74, 6) is 0.827. The van der Waals surface area contributed by atoms with Gasteiger partial charge in [-0.05, 0) is 42.3 Å². The highest BCUT2D eigenvalue weighted by Gasteiger charge is 2.12. The minimum absolute atomic E-state index is 0.293. The zero-order valence-corrected chi connectivity index (χ0v) is 14.4. The molecule has 0 amide bonds. The Morgan fingerprint density at radius 2 is 1.88 bits per heavy atom. The Morgan fingerprint density at radius 3 is 2.50 bits per heavy atom. The number of halogens is 2. The number of hydrogen-bond donors (Lipinski definition) is 0. The highest BCUT2D eigenvalue weighted by molar-refractivity contribution is 6.32. The van der Waals surface area contributed by atoms with Gasteiger partial charge in [0.1, 0.15) is 6.61 Å². The molecule has 0 aromatic heterocycles. The fourth-order valence-electron chi connectivity index (χ4n) is 1.97. The number of ether oxygens (including phenoxy) is 2. The van der Waals surface area contributed by atoms with E-state index in [4.69, 9.17) is 32.7 Å². The lowest BCUT2D eigenvalue weighted by atomic mass is 10.2. The van der Waals surface area contributed by atoms with Crippen LogP contribution in [0.15, 0.2) is 42.6 Å². The molecule has 2 aromatic carbocycles. The highest BCUT2D eigenvalue weighted by atomic mass is 35.5. The van der Waals surface area contributed by atoms with E-state index in [1.54, 1.807) is 24.3 Å². The van der Waals surface area contributed by atoms with Gasteiger partial charge in [-0.1, -0.05) is 35.3 Å². The number of nitro groups is 1. The van der Waals surface area contributed by atoms with Gasteiger partial charge in [-0.15, -0.1) is 0 Å². The van der Waals surface area contributed by atoms with Gasteiger partial charge in [-0.3, -0.25) is 10.1 Å². The lowest BCUT2D eigenvalue weighted by Crippen LogP contribution is -2.01. The van der Waals surface area contributed by atoms with Crippen molar-refractivity contribution in [3.05, 3.63) is 73.9 Å². The van der Waals surface area contributed by atoms with E-state index in [2.05, 4.69) is 0 Å². The molecule has 2 aromatic rings. The third-order valence-electron chi connectivity index (χ3n) is 3.02. The van der Waals surface area contributed by atoms with E-state index in [0.717, 1.165) is 11.8 Å². The van der Waals surface area contributed by atoms with Crippen molar-refractivity contribution in [1.82, 2.24) is 0 Å². The first-order valence-corrected chi connectivity index (χ1v) is 7.90. The average molecular weight is 368 g/mol. The van der Waals surface area contributed by atoms with Crippen molar-refractivity contribution >= 4 is 29.3 Å². The molecule has 0 fully saturated rings. The molecule has 24 heavy (non-hydrogen) atoms. The van der Waals surface area contributed by atoms with Crippen molar-refractivity contribution < 1.29 is 14.4 Å². The Balaban J connectivity index is 2.23. The second kappa shape index (κ2) is 8.57. The molecule has 0 radical (unpaired) electrons. The fraction of sp³-hybridized carbons (Fsp3) is 0.176. The van der Waals surface area contributed by atoms with E-state index >= 15 is 0 Å². The predicted molar refractivity (Wildman–Crippen MR) is 94.4 cm³/mol. The minimum Gasteiger partial charge on any atom is -0.490 e. The van der Waals surface area contributed by atoms with Crippen molar-refractivity contribution in [3.63, 3.8) is 0 Å². The van der Waals surface area contributed by atoms with Crippen molar-refractivity contribution in [2.45, 2.75) is 13.5 Å². The zero-order chi connectivity index (χ0) is 17.5. The summed E-state index contributed by atoms with van der Waals surface area (Å²) < 4.78 is 11.3. The molecule has 5 nitrogen and oxygen atoms in total. The van der Waals surface area contributed by atoms with Crippen molar-refractivity contribution in [2.75, 3.05) is 6.61 Å². The third-order valence-corrected chi connectivity index (χ3v) is 3.55. The molecule has 0 aliphatic rings. The van der Waals surface area contributed by atoms with E-state index in [9.17, 15) is 10.1 Å². The molecule has 0 unspecified atom stereocenters. The molecule has 0 bridgehead atoms. The molecule has 0 aliphatic carbocycles. The number of nitrogens with zero attached hydrogens (tertiary/aromatic N) is 1. The van der Waals surface area contributed by atoms with Crippen LogP contribution in [0.2, 0.25) is 10.0 Å². The molecule has 7 heteroatoms. The van der Waals surface area contributed by atoms with Gasteiger partial charge in [0, 0.05) is 11.1 Å². The van der Waals surface area contributed by atoms with E-state index < -0.39 is 4.92 Å². The van der Waals surface area contributed by atoms with Crippen LogP contribution in [0, 0.1) is 10.1 Å². The molecule has 0 heterocycles. The Labute approximate surface area is 149 Å². The van der Waals surface area contributed by atoms with Gasteiger partial charge in [0.15, 0.2) is 11.5 Å². The standard InChI is InChI=1S/C17H15Cl2NO4/c1-2-23-16-10-13(7-8-20(21)22)9-15(19)17(16)24-11-12-3-5-14(18)6-4-12/h3-10H,2,11H2,1H3/b8-7+. The first kappa shape index (κ1) is 18.1. The monoisotopic (exact) mass is 367 g/mol. The number of benzene rings is 2. The molecule has 2 rings (SSSR count). The quantitative estimate of drug-likeness (QED) is 0.497. The Bertz CT molecular complexity index is 745. The molecule has 0 atom stereocenters. The van der Waals surface area contributed by atoms with Crippen molar-refractivity contribution in [3.8, 4) is 11.5 Å². The molecular formula is C17H15Cl2NO4. The highest BCUT2D eigenvalue weighted by Crippen LogP contribution is 2.37. The van der Waals surface area contributed by atoms with Crippen LogP contribution in [-0.4, -0.2) is 11.5 Å². The summed E-state index contributed by atoms with van der Waals surface area (Å²) in [6, 6.07) is 10.5. The van der Waals surface area contributed by atoms with Gasteiger partial charge in [0.25, 0.3) is 0 Å². The van der Waals surface area contributed by atoms with Crippen LogP contribution in [0.1, 0.15) is 18.1 Å². The average Bonchev–Trinajstić information content (AvgIpc) is 2.54. The molecular weight excluding hydrogens is 353 g/mol. The van der Waals surface area contributed by atoms with Gasteiger partial charge >= 0.3 is 0 Å². The molecule has 0 N–H and O–H groups in total. The number of hydrogen-bond acceptors (Lipinski definition) is 4. The van der Waals surface area contributed by atoms with Crippen LogP contribution < -0.4 is 9.47 Å². The maximum absolute atomic E-state index is 10.4. The second-order valence-electron chi connectivity index (χ2n) is 4.78. The first-order chi connectivity index (χ1) is 11.5. The summed E-state index contributed by atoms with van der Waals surface area (Å²) in [6.45, 7) is 2.54. The van der Waals surface area contributed by atoms with E-state index in [0.29, 0.717) is 40.3 Å². The smallest absolute Gasteiger partial charge is 0.235 e. The Morgan fingerprint density at radius 1 is 1.17 bits per heavy atom. The Kier molecular flexibility index (Phi) is 6.46. The summed E-state index contributed by atoms with van der Waals surface area (Å²) in [5.41, 5.74) is 1.48. The van der Waals surface area contributed by atoms with Gasteiger partial charge in [-0.2, -0.15) is 0 Å². The molecule has 0 saturated heterocycles. The summed E-state index contributed by atoms with van der Waals surface area (Å²) in [6.07, 6.45) is 2.19. The maximum Gasteiger partial charge on any atom is 0.235 e. The van der Waals surface area contributed by atoms with Gasteiger partial charge in [0.05, 0.1) is 16.6 Å². The van der Waals surface area contributed by atoms with Crippen molar-refractivity contribution in [1.29, 1.82) is 0 Å². The minimum atomic E-state index is -0.542. The Hall–Kier alpha value is -2.24. The van der Waals surface area contributed by atoms with Crippen LogP contribution in [0.5, 0.6) is 11.5 Å². The summed E-state index contributed by atoms with van der Waals surface area (Å²) in [7, 11) is 0. The molecule has 0 spiro atoms. The SMILES string of the molecule is CCOc1cc(/C=C/[N+](=O)[O-])cc(Cl)c1OCc1ccc(Cl)cc1. The largest absolute Gasteiger partial charge is 0.490 e. The topological polar surface area (TPSA) is 61.6 Å². The maximum atomic E-state index is 10.4. The van der Waals surface area contributed by atoms with Crippen LogP contribution in [0.4, 0.5) is 0 Å². The van der Waals surface area contributed by atoms with Crippen LogP contribution in [0.25, 0.3) is 6.08 Å². The summed E-state index contributed by atoms with van der Waals surface area (Å²) in [5, 5.41) is 11.4. The van der Waals surface area contributed by atoms with E-state index in [1.165, 1.54) is 6.08 Å². The number of rotatable bonds is 7. The molecule has 0 saturated carbocycles. The lowest BCUT2D eigenvalue weighted by Gasteiger charge is -2.14. The van der Waals surface area contributed by atoms with E-state index in [1.807, 2.05) is 19.1 Å². The molecule has 126 valence electrons. The predicted octanol–water partition coefficient (Wildman–Crippen LogP) is 5.22. The normalized spacial score (nSPS) is 10.8. The first-order valence-electron chi connectivity index (χ1n) is 7.15. The van der Waals surface area contributed by atoms with Gasteiger partial charge < -0.3 is 9.47 Å². The van der Waals surface area contributed by atoms with Gasteiger partial charge in [-0.25, -0.2) is 0 Å². The lowest BCUT2D eigenvalue weighted by molar-refractivity contribution is -0.400. The fourth-order valence-corrected chi connectivity index (χ4v) is 2.37. The van der Waals surface area contributed by atoms with E-state index in [-0.39, 0.29) is 0 Å². The van der Waals surface area contributed by atoms with Crippen LogP contribution in [-0.2, 0) is 6.61 Å². The summed E-state index contributed by atoms with van der Waals surface area (Å²) >= 11 is 12.1. The second-order valence-corrected chi connectivity index (χ2v) is 5.62. The van der Waals surface area contributed by atoms with Crippen LogP contribution >= 0.6 is 23.2 Å². The zero-order valence-electron chi connectivity index (χ0n) is 12.9.